The van der Waals surface area contributed by atoms with E-state index in [-0.39, 0.29) is 0 Å². The maximum atomic E-state index is 13.7. The zero-order chi connectivity index (χ0) is 17.4. The van der Waals surface area contributed by atoms with E-state index in [4.69, 9.17) is 0 Å². The molecule has 0 aliphatic rings. The highest BCUT2D eigenvalue weighted by Gasteiger charge is 2.37. The molecule has 23 heavy (non-hydrogen) atoms. The van der Waals surface area contributed by atoms with Crippen LogP contribution in [0.25, 0.3) is 0 Å². The highest BCUT2D eigenvalue weighted by molar-refractivity contribution is 6.10. The maximum absolute atomic E-state index is 13.7. The molecule has 122 valence electrons. The second kappa shape index (κ2) is 5.94. The highest BCUT2D eigenvalue weighted by atomic mass is 19.4. The summed E-state index contributed by atoms with van der Waals surface area (Å²) in [4.78, 5) is 12.1. The molecule has 0 bridgehead atoms. The smallest absolute Gasteiger partial charge is 0.417 e. The summed E-state index contributed by atoms with van der Waals surface area (Å²) in [5.74, 6) is -5.70. The summed E-state index contributed by atoms with van der Waals surface area (Å²) in [5.41, 5.74) is -3.38. The van der Waals surface area contributed by atoms with Crippen molar-refractivity contribution in [1.82, 2.24) is 0 Å². The fourth-order valence-electron chi connectivity index (χ4n) is 1.95. The van der Waals surface area contributed by atoms with Crippen LogP contribution in [0.1, 0.15) is 21.5 Å². The van der Waals surface area contributed by atoms with Crippen LogP contribution in [-0.2, 0) is 6.18 Å². The number of carbonyl (C=O) groups is 1. The topological polar surface area (TPSA) is 26.3 Å². The summed E-state index contributed by atoms with van der Waals surface area (Å²) < 4.78 is 83.7. The van der Waals surface area contributed by atoms with Gasteiger partial charge in [-0.1, -0.05) is 0 Å². The number of carbonyl (C=O) groups excluding carboxylic acids is 1. The summed E-state index contributed by atoms with van der Waals surface area (Å²) in [6.45, 7) is 0. The van der Waals surface area contributed by atoms with Crippen molar-refractivity contribution in [3.05, 3.63) is 64.5 Å². The van der Waals surface area contributed by atoms with Crippen molar-refractivity contribution in [2.45, 2.75) is 6.18 Å². The van der Waals surface area contributed by atoms with E-state index >= 15 is 0 Å². The van der Waals surface area contributed by atoms with Gasteiger partial charge in [-0.05, 0) is 24.3 Å². The first kappa shape index (κ1) is 16.9. The van der Waals surface area contributed by atoms with Crippen LogP contribution in [0.5, 0.6) is 5.75 Å². The van der Waals surface area contributed by atoms with Gasteiger partial charge in [-0.3, -0.25) is 4.79 Å². The Morgan fingerprint density at radius 1 is 0.957 bits per heavy atom. The molecular formula is C15H8F6O2. The van der Waals surface area contributed by atoms with Crippen LogP contribution in [0.4, 0.5) is 26.3 Å². The van der Waals surface area contributed by atoms with Crippen LogP contribution in [0, 0.1) is 17.5 Å². The summed E-state index contributed by atoms with van der Waals surface area (Å²) in [5, 5.41) is 0. The molecule has 0 unspecified atom stereocenters. The largest absolute Gasteiger partial charge is 0.494 e. The molecule has 0 amide bonds. The molecule has 0 fully saturated rings. The fourth-order valence-corrected chi connectivity index (χ4v) is 1.95. The monoisotopic (exact) mass is 334 g/mol. The van der Waals surface area contributed by atoms with Gasteiger partial charge in [-0.25, -0.2) is 13.2 Å². The van der Waals surface area contributed by atoms with Gasteiger partial charge in [0.2, 0.25) is 0 Å². The molecule has 0 heterocycles. The molecule has 2 aromatic carbocycles. The van der Waals surface area contributed by atoms with E-state index in [1.807, 2.05) is 0 Å². The molecule has 0 aromatic heterocycles. The van der Waals surface area contributed by atoms with Crippen LogP contribution in [0.3, 0.4) is 0 Å². The molecule has 2 rings (SSSR count). The Labute approximate surface area is 126 Å². The average molecular weight is 334 g/mol. The Morgan fingerprint density at radius 2 is 1.61 bits per heavy atom. The number of hydrogen-bond acceptors (Lipinski definition) is 2. The molecule has 8 heteroatoms. The average Bonchev–Trinajstić information content (AvgIpc) is 2.45. The molecule has 0 saturated carbocycles. The van der Waals surface area contributed by atoms with Crippen molar-refractivity contribution in [1.29, 1.82) is 0 Å². The summed E-state index contributed by atoms with van der Waals surface area (Å²) in [6, 6.07) is 2.37. The van der Waals surface area contributed by atoms with Crippen LogP contribution in [0.2, 0.25) is 0 Å². The highest BCUT2D eigenvalue weighted by Crippen LogP contribution is 2.36. The van der Waals surface area contributed by atoms with Gasteiger partial charge in [0.1, 0.15) is 11.6 Å². The van der Waals surface area contributed by atoms with Gasteiger partial charge < -0.3 is 4.74 Å². The number of ether oxygens (including phenoxy) is 1. The Morgan fingerprint density at radius 3 is 2.13 bits per heavy atom. The van der Waals surface area contributed by atoms with E-state index in [2.05, 4.69) is 4.74 Å². The number of halogens is 6. The summed E-state index contributed by atoms with van der Waals surface area (Å²) >= 11 is 0. The molecular weight excluding hydrogens is 326 g/mol. The lowest BCUT2D eigenvalue weighted by molar-refractivity contribution is -0.138. The van der Waals surface area contributed by atoms with Gasteiger partial charge in [0.05, 0.1) is 18.2 Å². The first-order chi connectivity index (χ1) is 10.6. The zero-order valence-corrected chi connectivity index (χ0v) is 11.5. The van der Waals surface area contributed by atoms with Gasteiger partial charge in [-0.2, -0.15) is 13.2 Å². The standard InChI is InChI=1S/C15H8F6O2/c1-23-13-6-10(15(19,20)21)9(5-12(13)18)14(22)8-3-2-7(16)4-11(8)17/h2-6H,1H3. The number of rotatable bonds is 3. The third kappa shape index (κ3) is 3.30. The lowest BCUT2D eigenvalue weighted by Gasteiger charge is -2.14. The second-order valence-electron chi connectivity index (χ2n) is 4.48. The minimum absolute atomic E-state index is 0.310. The van der Waals surface area contributed by atoms with E-state index in [0.717, 1.165) is 7.11 Å². The van der Waals surface area contributed by atoms with Gasteiger partial charge >= 0.3 is 6.18 Å². The van der Waals surface area contributed by atoms with Crippen LogP contribution >= 0.6 is 0 Å². The van der Waals surface area contributed by atoms with Crippen molar-refractivity contribution >= 4 is 5.78 Å². The Kier molecular flexibility index (Phi) is 4.35. The first-order valence-corrected chi connectivity index (χ1v) is 6.09. The predicted molar refractivity (Wildman–Crippen MR) is 67.7 cm³/mol. The van der Waals surface area contributed by atoms with Crippen molar-refractivity contribution in [3.63, 3.8) is 0 Å². The van der Waals surface area contributed by atoms with Gasteiger partial charge in [-0.15, -0.1) is 0 Å². The van der Waals surface area contributed by atoms with E-state index in [1.54, 1.807) is 0 Å². The van der Waals surface area contributed by atoms with Gasteiger partial charge in [0, 0.05) is 11.6 Å². The minimum atomic E-state index is -5.00. The third-order valence-corrected chi connectivity index (χ3v) is 3.02. The van der Waals surface area contributed by atoms with E-state index in [1.165, 1.54) is 0 Å². The number of alkyl halides is 3. The molecule has 0 aliphatic heterocycles. The van der Waals surface area contributed by atoms with Crippen LogP contribution in [-0.4, -0.2) is 12.9 Å². The second-order valence-corrected chi connectivity index (χ2v) is 4.48. The summed E-state index contributed by atoms with van der Waals surface area (Å²) in [6.07, 6.45) is -5.00. The van der Waals surface area contributed by atoms with E-state index in [9.17, 15) is 31.1 Å². The molecule has 0 saturated heterocycles. The first-order valence-electron chi connectivity index (χ1n) is 6.09. The minimum Gasteiger partial charge on any atom is -0.494 e. The SMILES string of the molecule is COc1cc(C(F)(F)F)c(C(=O)c2ccc(F)cc2F)cc1F. The number of ketones is 1. The number of benzene rings is 2. The Bertz CT molecular complexity index is 767. The molecule has 0 N–H and O–H groups in total. The Balaban J connectivity index is 2.66. The maximum Gasteiger partial charge on any atom is 0.417 e. The molecule has 0 atom stereocenters. The molecule has 0 aliphatic carbocycles. The lowest BCUT2D eigenvalue weighted by Crippen LogP contribution is -2.16. The normalized spacial score (nSPS) is 11.4. The van der Waals surface area contributed by atoms with Crippen LogP contribution in [0.15, 0.2) is 30.3 Å². The summed E-state index contributed by atoms with van der Waals surface area (Å²) in [7, 11) is 0.958. The van der Waals surface area contributed by atoms with Crippen molar-refractivity contribution in [3.8, 4) is 5.75 Å². The lowest BCUT2D eigenvalue weighted by atomic mass is 9.97. The van der Waals surface area contributed by atoms with E-state index < -0.39 is 51.9 Å². The number of methoxy groups -OCH3 is 1. The van der Waals surface area contributed by atoms with E-state index in [0.29, 0.717) is 30.3 Å². The van der Waals surface area contributed by atoms with Gasteiger partial charge in [0.25, 0.3) is 0 Å². The molecule has 2 nitrogen and oxygen atoms in total. The Hall–Kier alpha value is -2.51. The van der Waals surface area contributed by atoms with Crippen molar-refractivity contribution < 1.29 is 35.9 Å². The molecule has 0 spiro atoms. The van der Waals surface area contributed by atoms with Gasteiger partial charge in [0.15, 0.2) is 17.3 Å². The van der Waals surface area contributed by atoms with Crippen molar-refractivity contribution in [2.75, 3.05) is 7.11 Å². The van der Waals surface area contributed by atoms with Crippen molar-refractivity contribution in [2.24, 2.45) is 0 Å². The zero-order valence-electron chi connectivity index (χ0n) is 11.5. The quantitative estimate of drug-likeness (QED) is 0.616. The fraction of sp³-hybridized carbons (Fsp3) is 0.133. The molecule has 2 aromatic rings. The van der Waals surface area contributed by atoms with Crippen LogP contribution < -0.4 is 4.74 Å². The third-order valence-electron chi connectivity index (χ3n) is 3.02. The number of hydrogen-bond donors (Lipinski definition) is 0. The predicted octanol–water partition coefficient (Wildman–Crippen LogP) is 4.36. The molecule has 0 radical (unpaired) electrons.